The predicted molar refractivity (Wildman–Crippen MR) is 139 cm³/mol. The molecule has 0 atom stereocenters. The number of H-pyrrole nitrogens is 2. The van der Waals surface area contributed by atoms with Crippen LogP contribution in [0.3, 0.4) is 0 Å². The van der Waals surface area contributed by atoms with Gasteiger partial charge < -0.3 is 15.6 Å². The van der Waals surface area contributed by atoms with Gasteiger partial charge in [0.05, 0.1) is 22.3 Å². The van der Waals surface area contributed by atoms with Crippen LogP contribution in [0.15, 0.2) is 67.0 Å². The number of hydrogen-bond donors (Lipinski definition) is 4. The summed E-state index contributed by atoms with van der Waals surface area (Å²) >= 11 is 12.7. The van der Waals surface area contributed by atoms with E-state index < -0.39 is 0 Å². The van der Waals surface area contributed by atoms with E-state index in [9.17, 15) is 0 Å². The second-order valence-corrected chi connectivity index (χ2v) is 8.85. The highest BCUT2D eigenvalue weighted by molar-refractivity contribution is 6.35. The normalized spacial score (nSPS) is 11.5. The first-order valence-corrected chi connectivity index (χ1v) is 11.6. The molecule has 0 unspecified atom stereocenters. The molecule has 0 spiro atoms. The molecule has 7 nitrogen and oxygen atoms in total. The SMILES string of the molecule is Clc1ccc2nc(NCCc3c[nH]c4ccccc34)nc(Nc3cc(Cl)c4[nH]ncc4c3)c2c1. The van der Waals surface area contributed by atoms with Gasteiger partial charge in [-0.15, -0.1) is 0 Å². The van der Waals surface area contributed by atoms with Crippen LogP contribution in [0, 0.1) is 0 Å². The molecule has 0 saturated heterocycles. The number of rotatable bonds is 6. The van der Waals surface area contributed by atoms with Gasteiger partial charge in [-0.1, -0.05) is 41.4 Å². The van der Waals surface area contributed by atoms with E-state index >= 15 is 0 Å². The lowest BCUT2D eigenvalue weighted by atomic mass is 10.1. The Kier molecular flexibility index (Phi) is 5.20. The highest BCUT2D eigenvalue weighted by Crippen LogP contribution is 2.31. The summed E-state index contributed by atoms with van der Waals surface area (Å²) in [6.07, 6.45) is 4.62. The highest BCUT2D eigenvalue weighted by atomic mass is 35.5. The number of halogens is 2. The smallest absolute Gasteiger partial charge is 0.225 e. The summed E-state index contributed by atoms with van der Waals surface area (Å²) in [5, 5.41) is 17.9. The van der Waals surface area contributed by atoms with Crippen LogP contribution in [0.4, 0.5) is 17.5 Å². The van der Waals surface area contributed by atoms with Gasteiger partial charge in [-0.25, -0.2) is 4.98 Å². The molecular formula is C25H19Cl2N7. The van der Waals surface area contributed by atoms with Crippen molar-refractivity contribution in [1.29, 1.82) is 0 Å². The molecule has 0 fully saturated rings. The van der Waals surface area contributed by atoms with Crippen molar-refractivity contribution in [2.75, 3.05) is 17.2 Å². The topological polar surface area (TPSA) is 94.3 Å². The van der Waals surface area contributed by atoms with Crippen LogP contribution in [0.5, 0.6) is 0 Å². The molecule has 6 rings (SSSR count). The maximum atomic E-state index is 6.42. The van der Waals surface area contributed by atoms with Crippen LogP contribution in [0.2, 0.25) is 10.0 Å². The van der Waals surface area contributed by atoms with E-state index in [0.29, 0.717) is 28.4 Å². The summed E-state index contributed by atoms with van der Waals surface area (Å²) in [4.78, 5) is 12.8. The molecule has 34 heavy (non-hydrogen) atoms. The van der Waals surface area contributed by atoms with Crippen molar-refractivity contribution in [2.24, 2.45) is 0 Å². The average Bonchev–Trinajstić information content (AvgIpc) is 3.47. The number of aromatic nitrogens is 5. The number of aromatic amines is 2. The summed E-state index contributed by atoms with van der Waals surface area (Å²) < 4.78 is 0. The number of hydrogen-bond acceptors (Lipinski definition) is 5. The predicted octanol–water partition coefficient (Wildman–Crippen LogP) is 6.69. The number of para-hydroxylation sites is 1. The van der Waals surface area contributed by atoms with Gasteiger partial charge in [-0.2, -0.15) is 10.1 Å². The van der Waals surface area contributed by atoms with Gasteiger partial charge in [0.2, 0.25) is 5.95 Å². The fraction of sp³-hybridized carbons (Fsp3) is 0.0800. The summed E-state index contributed by atoms with van der Waals surface area (Å²) in [6, 6.07) is 17.7. The van der Waals surface area contributed by atoms with E-state index in [2.05, 4.69) is 55.2 Å². The molecule has 0 bridgehead atoms. The first kappa shape index (κ1) is 20.8. The molecule has 0 amide bonds. The fourth-order valence-electron chi connectivity index (χ4n) is 4.15. The van der Waals surface area contributed by atoms with Gasteiger partial charge in [0.15, 0.2) is 0 Å². The van der Waals surface area contributed by atoms with Gasteiger partial charge in [0.1, 0.15) is 5.82 Å². The quantitative estimate of drug-likeness (QED) is 0.210. The molecule has 9 heteroatoms. The largest absolute Gasteiger partial charge is 0.361 e. The third kappa shape index (κ3) is 3.89. The maximum absolute atomic E-state index is 6.42. The molecule has 0 aliphatic rings. The number of nitrogens with one attached hydrogen (secondary N) is 4. The molecule has 0 aliphatic carbocycles. The maximum Gasteiger partial charge on any atom is 0.225 e. The standard InChI is InChI=1S/C25H19Cl2N7/c26-16-5-6-22-19(10-16)24(31-17-9-15-13-30-34-23(15)20(27)11-17)33-25(32-22)28-8-7-14-12-29-21-4-2-1-3-18(14)21/h1-6,9-13,29H,7-8H2,(H,30,34)(H2,28,31,32,33). The molecule has 3 aromatic carbocycles. The Balaban J connectivity index is 1.30. The lowest BCUT2D eigenvalue weighted by Crippen LogP contribution is -2.09. The van der Waals surface area contributed by atoms with Gasteiger partial charge in [0.25, 0.3) is 0 Å². The first-order valence-electron chi connectivity index (χ1n) is 10.8. The number of benzene rings is 3. The zero-order chi connectivity index (χ0) is 23.1. The summed E-state index contributed by atoms with van der Waals surface area (Å²) in [5.74, 6) is 1.17. The number of nitrogens with zero attached hydrogens (tertiary/aromatic N) is 3. The van der Waals surface area contributed by atoms with Crippen molar-refractivity contribution in [1.82, 2.24) is 25.1 Å². The second-order valence-electron chi connectivity index (χ2n) is 8.01. The Labute approximate surface area is 204 Å². The molecule has 0 radical (unpaired) electrons. The van der Waals surface area contributed by atoms with E-state index in [-0.39, 0.29) is 0 Å². The van der Waals surface area contributed by atoms with Crippen LogP contribution in [0.1, 0.15) is 5.56 Å². The van der Waals surface area contributed by atoms with Crippen LogP contribution in [-0.4, -0.2) is 31.7 Å². The first-order chi connectivity index (χ1) is 16.6. The molecule has 168 valence electrons. The minimum atomic E-state index is 0.535. The van der Waals surface area contributed by atoms with Gasteiger partial charge in [0, 0.05) is 45.1 Å². The summed E-state index contributed by atoms with van der Waals surface area (Å²) in [6.45, 7) is 0.688. The summed E-state index contributed by atoms with van der Waals surface area (Å²) in [7, 11) is 0. The van der Waals surface area contributed by atoms with Gasteiger partial charge >= 0.3 is 0 Å². The fourth-order valence-corrected chi connectivity index (χ4v) is 4.59. The van der Waals surface area contributed by atoms with E-state index in [1.165, 1.54) is 10.9 Å². The van der Waals surface area contributed by atoms with Crippen molar-refractivity contribution >= 4 is 73.4 Å². The van der Waals surface area contributed by atoms with E-state index in [0.717, 1.165) is 39.4 Å². The third-order valence-corrected chi connectivity index (χ3v) is 6.31. The Hall–Kier alpha value is -3.81. The molecule has 0 saturated carbocycles. The van der Waals surface area contributed by atoms with Crippen LogP contribution >= 0.6 is 23.2 Å². The highest BCUT2D eigenvalue weighted by Gasteiger charge is 2.12. The second kappa shape index (κ2) is 8.52. The molecule has 3 aromatic heterocycles. The van der Waals surface area contributed by atoms with Crippen molar-refractivity contribution < 1.29 is 0 Å². The van der Waals surface area contributed by atoms with Crippen LogP contribution < -0.4 is 10.6 Å². The Bertz CT molecular complexity index is 1650. The number of anilines is 3. The Morgan fingerprint density at radius 1 is 0.941 bits per heavy atom. The molecule has 0 aliphatic heterocycles. The third-order valence-electron chi connectivity index (χ3n) is 5.77. The van der Waals surface area contributed by atoms with Crippen LogP contribution in [-0.2, 0) is 6.42 Å². The average molecular weight is 488 g/mol. The molecule has 3 heterocycles. The van der Waals surface area contributed by atoms with Crippen molar-refractivity contribution in [3.05, 3.63) is 82.6 Å². The van der Waals surface area contributed by atoms with Gasteiger partial charge in [-0.3, -0.25) is 5.10 Å². The molecule has 6 aromatic rings. The van der Waals surface area contributed by atoms with E-state index in [1.807, 2.05) is 36.4 Å². The monoisotopic (exact) mass is 487 g/mol. The van der Waals surface area contributed by atoms with Crippen molar-refractivity contribution in [2.45, 2.75) is 6.42 Å². The Morgan fingerprint density at radius 2 is 1.85 bits per heavy atom. The van der Waals surface area contributed by atoms with E-state index in [4.69, 9.17) is 28.2 Å². The lowest BCUT2D eigenvalue weighted by Gasteiger charge is -2.13. The molecular weight excluding hydrogens is 469 g/mol. The van der Waals surface area contributed by atoms with E-state index in [1.54, 1.807) is 6.20 Å². The van der Waals surface area contributed by atoms with Crippen molar-refractivity contribution in [3.8, 4) is 0 Å². The summed E-state index contributed by atoms with van der Waals surface area (Å²) in [5.41, 5.74) is 4.76. The minimum Gasteiger partial charge on any atom is -0.361 e. The Morgan fingerprint density at radius 3 is 2.79 bits per heavy atom. The minimum absolute atomic E-state index is 0.535. The van der Waals surface area contributed by atoms with Crippen molar-refractivity contribution in [3.63, 3.8) is 0 Å². The zero-order valence-corrected chi connectivity index (χ0v) is 19.4. The molecule has 4 N–H and O–H groups in total. The number of fused-ring (bicyclic) bond motifs is 3. The zero-order valence-electron chi connectivity index (χ0n) is 17.9. The van der Waals surface area contributed by atoms with Crippen LogP contribution in [0.25, 0.3) is 32.7 Å². The van der Waals surface area contributed by atoms with Gasteiger partial charge in [-0.05, 0) is 48.4 Å². The lowest BCUT2D eigenvalue weighted by molar-refractivity contribution is 0.998.